The Morgan fingerprint density at radius 1 is 1.58 bits per heavy atom. The van der Waals surface area contributed by atoms with Crippen LogP contribution in [0.1, 0.15) is 5.69 Å². The predicted octanol–water partition coefficient (Wildman–Crippen LogP) is -2.73. The molecular formula is C7H3ClNNaO2. The Morgan fingerprint density at radius 2 is 2.25 bits per heavy atom. The van der Waals surface area contributed by atoms with E-state index in [0.29, 0.717) is 5.02 Å². The maximum atomic E-state index is 10.6. The van der Waals surface area contributed by atoms with Gasteiger partial charge in [0, 0.05) is 12.0 Å². The van der Waals surface area contributed by atoms with Crippen LogP contribution in [0.15, 0.2) is 18.3 Å². The third-order valence-electron chi connectivity index (χ3n) is 1.05. The minimum absolute atomic E-state index is 0. The number of hydrogen-bond donors (Lipinski definition) is 0. The first-order valence-electron chi connectivity index (χ1n) is 2.78. The average molecular weight is 192 g/mol. The van der Waals surface area contributed by atoms with Gasteiger partial charge in [0.1, 0.15) is 5.94 Å². The second-order valence-corrected chi connectivity index (χ2v) is 2.23. The van der Waals surface area contributed by atoms with Crippen LogP contribution in [0.3, 0.4) is 0 Å². The fraction of sp³-hybridized carbons (Fsp3) is 0. The summed E-state index contributed by atoms with van der Waals surface area (Å²) in [6, 6.07) is 2.86. The van der Waals surface area contributed by atoms with Gasteiger partial charge in [0.05, 0.1) is 10.7 Å². The monoisotopic (exact) mass is 191 g/mol. The number of aromatic nitrogens is 1. The molecule has 0 saturated heterocycles. The van der Waals surface area contributed by atoms with Crippen LogP contribution in [0.5, 0.6) is 0 Å². The fourth-order valence-electron chi connectivity index (χ4n) is 0.562. The van der Waals surface area contributed by atoms with Gasteiger partial charge in [-0.25, -0.2) is 4.79 Å². The van der Waals surface area contributed by atoms with Gasteiger partial charge >= 0.3 is 29.6 Å². The van der Waals surface area contributed by atoms with Gasteiger partial charge in [-0.3, -0.25) is 4.98 Å². The quantitative estimate of drug-likeness (QED) is 0.275. The van der Waals surface area contributed by atoms with Gasteiger partial charge in [0.25, 0.3) is 0 Å². The summed E-state index contributed by atoms with van der Waals surface area (Å²) in [5.74, 6) is 0.444. The van der Waals surface area contributed by atoms with E-state index in [0.717, 1.165) is 0 Å². The predicted molar refractivity (Wildman–Crippen MR) is 38.3 cm³/mol. The van der Waals surface area contributed by atoms with Crippen molar-refractivity contribution in [3.8, 4) is 0 Å². The molecule has 12 heavy (non-hydrogen) atoms. The molecule has 1 aromatic rings. The molecule has 0 N–H and O–H groups in total. The van der Waals surface area contributed by atoms with Crippen LogP contribution in [0.25, 0.3) is 5.76 Å². The summed E-state index contributed by atoms with van der Waals surface area (Å²) >= 11 is 5.49. The molecule has 3 nitrogen and oxygen atoms in total. The van der Waals surface area contributed by atoms with Crippen LogP contribution in [0.4, 0.5) is 0 Å². The minimum atomic E-state index is -0.762. The van der Waals surface area contributed by atoms with Crippen molar-refractivity contribution in [1.29, 1.82) is 0 Å². The van der Waals surface area contributed by atoms with Crippen molar-refractivity contribution >= 4 is 23.3 Å². The van der Waals surface area contributed by atoms with Crippen molar-refractivity contribution in [3.63, 3.8) is 0 Å². The largest absolute Gasteiger partial charge is 1.00 e. The van der Waals surface area contributed by atoms with Crippen molar-refractivity contribution in [2.75, 3.05) is 0 Å². The fourth-order valence-corrected chi connectivity index (χ4v) is 0.674. The maximum Gasteiger partial charge on any atom is 1.00 e. The van der Waals surface area contributed by atoms with Gasteiger partial charge in [0.2, 0.25) is 0 Å². The molecule has 0 unspecified atom stereocenters. The molecule has 0 atom stereocenters. The van der Waals surface area contributed by atoms with Gasteiger partial charge in [-0.2, -0.15) is 0 Å². The molecule has 0 radical (unpaired) electrons. The van der Waals surface area contributed by atoms with Crippen molar-refractivity contribution in [1.82, 2.24) is 4.98 Å². The normalized spacial score (nSPS) is 8.08. The molecule has 5 heteroatoms. The van der Waals surface area contributed by atoms with Gasteiger partial charge in [-0.15, -0.1) is 0 Å². The number of carbonyl (C=O) groups excluding carboxylic acids is 1. The van der Waals surface area contributed by atoms with E-state index in [4.69, 9.17) is 11.6 Å². The van der Waals surface area contributed by atoms with E-state index >= 15 is 0 Å². The van der Waals surface area contributed by atoms with E-state index in [2.05, 4.69) is 4.98 Å². The Bertz CT molecular complexity index is 306. The van der Waals surface area contributed by atoms with Gasteiger partial charge in [0.15, 0.2) is 0 Å². The SMILES string of the molecule is O=C=C([O-])c1ccc(Cl)cn1.[Na+]. The third kappa shape index (κ3) is 2.97. The Labute approximate surface area is 96.4 Å². The molecule has 0 amide bonds. The molecule has 0 bridgehead atoms. The summed E-state index contributed by atoms with van der Waals surface area (Å²) in [7, 11) is 0. The first kappa shape index (κ1) is 11.7. The molecule has 1 heterocycles. The van der Waals surface area contributed by atoms with E-state index in [1.54, 1.807) is 0 Å². The Morgan fingerprint density at radius 3 is 2.67 bits per heavy atom. The zero-order chi connectivity index (χ0) is 8.27. The van der Waals surface area contributed by atoms with Crippen LogP contribution in [-0.2, 0) is 4.79 Å². The molecule has 0 saturated carbocycles. The van der Waals surface area contributed by atoms with Crippen LogP contribution >= 0.6 is 11.6 Å². The van der Waals surface area contributed by atoms with Gasteiger partial charge in [-0.05, 0) is 12.1 Å². The van der Waals surface area contributed by atoms with Gasteiger partial charge < -0.3 is 5.11 Å². The second-order valence-electron chi connectivity index (χ2n) is 1.79. The van der Waals surface area contributed by atoms with Crippen molar-refractivity contribution in [3.05, 3.63) is 29.0 Å². The Balaban J connectivity index is 0.00000121. The van der Waals surface area contributed by atoms with Crippen LogP contribution in [-0.4, -0.2) is 10.9 Å². The standard InChI is InChI=1S/C7H4ClNO2.Na/c8-5-1-2-6(9-3-5)7(11)4-10;/h1-3,11H;/q;+1/p-1. The molecule has 0 spiro atoms. The molecule has 56 valence electrons. The third-order valence-corrected chi connectivity index (χ3v) is 1.28. The minimum Gasteiger partial charge on any atom is -0.863 e. The first-order chi connectivity index (χ1) is 5.24. The maximum absolute atomic E-state index is 10.6. The van der Waals surface area contributed by atoms with Crippen LogP contribution in [0.2, 0.25) is 5.02 Å². The molecule has 0 aromatic carbocycles. The summed E-state index contributed by atoms with van der Waals surface area (Å²) in [5.41, 5.74) is 0.0596. The Kier molecular flexibility index (Phi) is 5.22. The molecular weight excluding hydrogens is 189 g/mol. The summed E-state index contributed by atoms with van der Waals surface area (Å²) in [6.07, 6.45) is 1.30. The summed E-state index contributed by atoms with van der Waals surface area (Å²) < 4.78 is 0. The number of rotatable bonds is 1. The summed E-state index contributed by atoms with van der Waals surface area (Å²) in [6.45, 7) is 0. The van der Waals surface area contributed by atoms with E-state index < -0.39 is 5.76 Å². The number of halogens is 1. The van der Waals surface area contributed by atoms with Crippen LogP contribution in [0, 0.1) is 0 Å². The van der Waals surface area contributed by atoms with E-state index in [-0.39, 0.29) is 35.3 Å². The second kappa shape index (κ2) is 5.36. The summed E-state index contributed by atoms with van der Waals surface area (Å²) in [4.78, 5) is 13.4. The van der Waals surface area contributed by atoms with Crippen molar-refractivity contribution in [2.45, 2.75) is 0 Å². The van der Waals surface area contributed by atoms with E-state index in [1.165, 1.54) is 24.3 Å². The average Bonchev–Trinajstić information content (AvgIpc) is 2.05. The van der Waals surface area contributed by atoms with Crippen molar-refractivity contribution in [2.24, 2.45) is 0 Å². The molecule has 0 aliphatic rings. The first-order valence-corrected chi connectivity index (χ1v) is 3.16. The zero-order valence-corrected chi connectivity index (χ0v) is 9.13. The van der Waals surface area contributed by atoms with Crippen molar-refractivity contribution < 1.29 is 39.5 Å². The van der Waals surface area contributed by atoms with E-state index in [1.807, 2.05) is 0 Å². The Hall–Kier alpha value is -0.310. The number of hydrogen-bond acceptors (Lipinski definition) is 3. The topological polar surface area (TPSA) is 53.0 Å². The number of pyridine rings is 1. The van der Waals surface area contributed by atoms with Gasteiger partial charge in [-0.1, -0.05) is 11.6 Å². The molecule has 0 aliphatic heterocycles. The molecule has 1 rings (SSSR count). The smallest absolute Gasteiger partial charge is 0.863 e. The zero-order valence-electron chi connectivity index (χ0n) is 6.37. The molecule has 1 aromatic heterocycles. The number of nitrogens with zero attached hydrogens (tertiary/aromatic N) is 1. The van der Waals surface area contributed by atoms with E-state index in [9.17, 15) is 9.90 Å². The van der Waals surface area contributed by atoms with Crippen LogP contribution < -0.4 is 34.7 Å². The molecule has 0 fully saturated rings. The summed E-state index contributed by atoms with van der Waals surface area (Å²) in [5, 5.41) is 11.0. The molecule has 0 aliphatic carbocycles.